The fraction of sp³-hybridized carbons (Fsp3) is 0.917. The Balaban J connectivity index is 3.27. The van der Waals surface area contributed by atoms with Gasteiger partial charge < -0.3 is 9.47 Å². The van der Waals surface area contributed by atoms with Crippen LogP contribution in [0.1, 0.15) is 124 Å². The molecule has 0 aliphatic rings. The van der Waals surface area contributed by atoms with Crippen LogP contribution in [0.4, 0.5) is 0 Å². The lowest BCUT2D eigenvalue weighted by atomic mass is 10.0. The Hall–Kier alpha value is -0.290. The molecule has 0 spiro atoms. The average Bonchev–Trinajstić information content (AvgIpc) is 2.70. The largest absolute Gasteiger partial charge is 0.479 e. The summed E-state index contributed by atoms with van der Waals surface area (Å²) in [6.07, 6.45) is 21.5. The first kappa shape index (κ1) is 28.7. The lowest BCUT2D eigenvalue weighted by Gasteiger charge is -2.11. The fourth-order valence-electron chi connectivity index (χ4n) is 3.28. The molecule has 0 saturated heterocycles. The van der Waals surface area contributed by atoms with Crippen LogP contribution in [0, 0.1) is 0 Å². The second-order valence-electron chi connectivity index (χ2n) is 7.91. The molecule has 172 valence electrons. The number of rotatable bonds is 20. The van der Waals surface area contributed by atoms with Crippen molar-refractivity contribution in [2.24, 2.45) is 0 Å². The number of carbonyl (C=O) groups is 1. The number of carbonyl (C=O) groups excluding carboxylic acids is 1. The molecular weight excluding hydrogens is 400 g/mol. The second kappa shape index (κ2) is 22.4. The fourth-order valence-corrected chi connectivity index (χ4v) is 4.47. The molecule has 0 bridgehead atoms. The highest BCUT2D eigenvalue weighted by Gasteiger charge is 2.17. The Kier molecular flexibility index (Phi) is 22.2. The van der Waals surface area contributed by atoms with E-state index < -0.39 is 0 Å². The molecule has 0 aromatic rings. The van der Waals surface area contributed by atoms with Crippen molar-refractivity contribution in [1.82, 2.24) is 0 Å². The molecule has 0 saturated carbocycles. The summed E-state index contributed by atoms with van der Waals surface area (Å²) < 4.78 is 10.9. The van der Waals surface area contributed by atoms with Gasteiger partial charge >= 0.3 is 5.97 Å². The topological polar surface area (TPSA) is 35.5 Å². The highest BCUT2D eigenvalue weighted by atomic mass is 32.2. The Labute approximate surface area is 190 Å². The van der Waals surface area contributed by atoms with Gasteiger partial charge in [-0.15, -0.1) is 0 Å². The maximum atomic E-state index is 11.9. The molecule has 0 N–H and O–H groups in total. The monoisotopic (exact) mass is 446 g/mol. The van der Waals surface area contributed by atoms with Crippen LogP contribution in [0.25, 0.3) is 0 Å². The second-order valence-corrected chi connectivity index (χ2v) is 9.86. The maximum Gasteiger partial charge on any atom is 0.319 e. The molecule has 1 atom stereocenters. The predicted molar refractivity (Wildman–Crippen MR) is 132 cm³/mol. The van der Waals surface area contributed by atoms with E-state index in [0.29, 0.717) is 17.6 Å². The molecule has 0 rings (SSSR count). The van der Waals surface area contributed by atoms with Gasteiger partial charge in [-0.25, -0.2) is 0 Å². The van der Waals surface area contributed by atoms with E-state index in [2.05, 4.69) is 6.92 Å². The van der Waals surface area contributed by atoms with Gasteiger partial charge in [-0.05, 0) is 32.5 Å². The van der Waals surface area contributed by atoms with Crippen molar-refractivity contribution < 1.29 is 14.3 Å². The SMILES string of the molecule is CCCCCCCCCCCCCCCCCCOC(=O)C(C)SC(=S)OCC. The first-order valence-electron chi connectivity index (χ1n) is 12.1. The molecule has 3 nitrogen and oxygen atoms in total. The zero-order valence-corrected chi connectivity index (χ0v) is 21.0. The van der Waals surface area contributed by atoms with Crippen molar-refractivity contribution in [3.05, 3.63) is 0 Å². The Morgan fingerprint density at radius 2 is 1.14 bits per heavy atom. The third kappa shape index (κ3) is 20.8. The molecule has 5 heteroatoms. The summed E-state index contributed by atoms with van der Waals surface area (Å²) in [4.78, 5) is 11.9. The van der Waals surface area contributed by atoms with E-state index in [9.17, 15) is 4.79 Å². The average molecular weight is 447 g/mol. The number of hydrogen-bond donors (Lipinski definition) is 0. The quantitative estimate of drug-likeness (QED) is 0.107. The number of hydrogen-bond acceptors (Lipinski definition) is 5. The number of thiocarbonyl (C=S) groups is 1. The summed E-state index contributed by atoms with van der Waals surface area (Å²) >= 11 is 6.30. The number of unbranched alkanes of at least 4 members (excludes halogenated alkanes) is 15. The van der Waals surface area contributed by atoms with E-state index in [1.54, 1.807) is 0 Å². The van der Waals surface area contributed by atoms with Gasteiger partial charge in [0.1, 0.15) is 5.25 Å². The van der Waals surface area contributed by atoms with Crippen molar-refractivity contribution in [3.63, 3.8) is 0 Å². The molecule has 0 fully saturated rings. The van der Waals surface area contributed by atoms with E-state index in [0.717, 1.165) is 12.8 Å². The minimum Gasteiger partial charge on any atom is -0.479 e. The van der Waals surface area contributed by atoms with Gasteiger partial charge in [0.2, 0.25) is 4.38 Å². The number of esters is 1. The van der Waals surface area contributed by atoms with Crippen LogP contribution in [-0.4, -0.2) is 28.8 Å². The van der Waals surface area contributed by atoms with E-state index >= 15 is 0 Å². The molecule has 29 heavy (non-hydrogen) atoms. The summed E-state index contributed by atoms with van der Waals surface area (Å²) in [5.74, 6) is -0.196. The smallest absolute Gasteiger partial charge is 0.319 e. The van der Waals surface area contributed by atoms with Gasteiger partial charge in [0.05, 0.1) is 13.2 Å². The summed E-state index contributed by atoms with van der Waals surface area (Å²) in [5.41, 5.74) is 0. The molecule has 0 amide bonds. The van der Waals surface area contributed by atoms with Crippen molar-refractivity contribution in [1.29, 1.82) is 0 Å². The molecule has 0 heterocycles. The maximum absolute atomic E-state index is 11.9. The summed E-state index contributed by atoms with van der Waals surface area (Å²) in [6.45, 7) is 7.02. The van der Waals surface area contributed by atoms with Crippen LogP contribution < -0.4 is 0 Å². The molecule has 0 aliphatic heterocycles. The van der Waals surface area contributed by atoms with Crippen LogP contribution in [0.15, 0.2) is 0 Å². The zero-order chi connectivity index (χ0) is 21.6. The zero-order valence-electron chi connectivity index (χ0n) is 19.3. The molecule has 0 aromatic carbocycles. The van der Waals surface area contributed by atoms with Crippen molar-refractivity contribution in [3.8, 4) is 0 Å². The van der Waals surface area contributed by atoms with Gasteiger partial charge in [0.15, 0.2) is 0 Å². The van der Waals surface area contributed by atoms with Gasteiger partial charge in [0.25, 0.3) is 0 Å². The summed E-state index contributed by atoms with van der Waals surface area (Å²) in [6, 6.07) is 0. The Bertz CT molecular complexity index is 388. The first-order valence-corrected chi connectivity index (χ1v) is 13.4. The molecule has 0 aromatic heterocycles. The van der Waals surface area contributed by atoms with E-state index in [-0.39, 0.29) is 11.2 Å². The molecule has 0 aliphatic carbocycles. The summed E-state index contributed by atoms with van der Waals surface area (Å²) in [5, 5.41) is -0.296. The van der Waals surface area contributed by atoms with Crippen molar-refractivity contribution in [2.45, 2.75) is 129 Å². The molecule has 0 radical (unpaired) electrons. The van der Waals surface area contributed by atoms with Gasteiger partial charge in [-0.1, -0.05) is 115 Å². The van der Waals surface area contributed by atoms with E-state index in [1.165, 1.54) is 102 Å². The highest BCUT2D eigenvalue weighted by Crippen LogP contribution is 2.16. The van der Waals surface area contributed by atoms with Crippen LogP contribution in [0.2, 0.25) is 0 Å². The van der Waals surface area contributed by atoms with E-state index in [4.69, 9.17) is 21.7 Å². The van der Waals surface area contributed by atoms with E-state index in [1.807, 2.05) is 13.8 Å². The van der Waals surface area contributed by atoms with Gasteiger partial charge in [-0.3, -0.25) is 4.79 Å². The van der Waals surface area contributed by atoms with Crippen LogP contribution in [0.3, 0.4) is 0 Å². The van der Waals surface area contributed by atoms with Crippen LogP contribution in [-0.2, 0) is 14.3 Å². The lowest BCUT2D eigenvalue weighted by molar-refractivity contribution is -0.142. The minimum atomic E-state index is -0.296. The third-order valence-electron chi connectivity index (χ3n) is 5.11. The first-order chi connectivity index (χ1) is 14.1. The number of ether oxygens (including phenoxy) is 2. The minimum absolute atomic E-state index is 0.196. The van der Waals surface area contributed by atoms with Gasteiger partial charge in [-0.2, -0.15) is 0 Å². The van der Waals surface area contributed by atoms with Crippen LogP contribution >= 0.6 is 24.0 Å². The predicted octanol–water partition coefficient (Wildman–Crippen LogP) is 8.23. The van der Waals surface area contributed by atoms with Crippen molar-refractivity contribution >= 4 is 34.3 Å². The lowest BCUT2D eigenvalue weighted by Crippen LogP contribution is -2.19. The Morgan fingerprint density at radius 1 is 0.724 bits per heavy atom. The van der Waals surface area contributed by atoms with Gasteiger partial charge in [0, 0.05) is 0 Å². The molecule has 1 unspecified atom stereocenters. The summed E-state index contributed by atoms with van der Waals surface area (Å²) in [7, 11) is 0. The standard InChI is InChI=1S/C24H46O3S2/c1-4-6-7-8-9-10-11-12-13-14-15-16-17-18-19-20-21-27-23(25)22(3)29-24(28)26-5-2/h22H,4-21H2,1-3H3. The highest BCUT2D eigenvalue weighted by molar-refractivity contribution is 8.23. The Morgan fingerprint density at radius 3 is 1.55 bits per heavy atom. The number of thioether (sulfide) groups is 1. The van der Waals surface area contributed by atoms with Crippen LogP contribution in [0.5, 0.6) is 0 Å². The normalized spacial score (nSPS) is 12.0. The molecular formula is C24H46O3S2. The van der Waals surface area contributed by atoms with Crippen molar-refractivity contribution in [2.75, 3.05) is 13.2 Å². The third-order valence-corrected chi connectivity index (χ3v) is 6.37.